The fourth-order valence-electron chi connectivity index (χ4n) is 7.91. The molecule has 0 aliphatic carbocycles. The number of hydrogen-bond donors (Lipinski definition) is 10. The Labute approximate surface area is 412 Å². The Morgan fingerprint density at radius 1 is 0.493 bits per heavy atom. The number of nitrogens with zero attached hydrogens (tertiary/aromatic N) is 14. The molecule has 372 valence electrons. The Balaban J connectivity index is 1.26. The highest BCUT2D eigenvalue weighted by Gasteiger charge is 2.32. The van der Waals surface area contributed by atoms with Gasteiger partial charge in [0.1, 0.15) is 0 Å². The van der Waals surface area contributed by atoms with Gasteiger partial charge in [-0.2, -0.15) is 29.9 Å². The Morgan fingerprint density at radius 2 is 0.958 bits per heavy atom. The average molecular weight is 965 g/mol. The number of rotatable bonds is 24. The highest BCUT2D eigenvalue weighted by Crippen LogP contribution is 2.27. The van der Waals surface area contributed by atoms with Gasteiger partial charge < -0.3 is 76.1 Å². The standard InChI is InChI=1S/C47H64N24/c48-38(49)56-17-21-68(22-18-57-39(50)51)44-62-42(60-29-33-11-5-2-6-12-33)64-46(66-44)70-25-26-71(37(31-70)28-32-9-3-1-4-10-32)47-65-43(61-30-34-15-16-35-13-7-8-14-36(35)27-34)63-45(67-47)69(23-19-58-40(52)53)24-20-59-41(54)55/h1-16,27,37H,17-26,28-31H2,(H4,48,49,56)(H4,50,51,57)(H4,52,53,58)(H4,54,55,59)(H,60,62,64,66)(H,61,63,65,67). The fraction of sp³-hybridized carbons (Fsp3) is 0.319. The number of fused-ring (bicyclic) bond motifs is 1. The summed E-state index contributed by atoms with van der Waals surface area (Å²) in [5.41, 5.74) is 49.0. The number of anilines is 6. The summed E-state index contributed by atoms with van der Waals surface area (Å²) in [4.78, 5) is 55.4. The number of hydrogen-bond acceptors (Lipinski definition) is 16. The van der Waals surface area contributed by atoms with Crippen LogP contribution in [0.15, 0.2) is 123 Å². The van der Waals surface area contributed by atoms with Crippen LogP contribution in [0.5, 0.6) is 0 Å². The Bertz CT molecular complexity index is 2710. The molecule has 18 N–H and O–H groups in total. The number of benzene rings is 4. The molecule has 71 heavy (non-hydrogen) atoms. The summed E-state index contributed by atoms with van der Waals surface area (Å²) in [5, 5.41) is 9.20. The lowest BCUT2D eigenvalue weighted by atomic mass is 10.0. The van der Waals surface area contributed by atoms with Crippen molar-refractivity contribution in [3.63, 3.8) is 0 Å². The molecule has 6 aromatic rings. The molecule has 1 fully saturated rings. The molecule has 1 aliphatic rings. The van der Waals surface area contributed by atoms with Crippen LogP contribution in [-0.4, -0.2) is 132 Å². The number of nitrogens with one attached hydrogen (secondary N) is 2. The van der Waals surface area contributed by atoms with Crippen LogP contribution in [0, 0.1) is 0 Å². The van der Waals surface area contributed by atoms with Crippen LogP contribution in [-0.2, 0) is 19.5 Å². The average Bonchev–Trinajstić information content (AvgIpc) is 3.36. The predicted octanol–water partition coefficient (Wildman–Crippen LogP) is 0.0783. The van der Waals surface area contributed by atoms with E-state index in [-0.39, 0.29) is 56.1 Å². The third kappa shape index (κ3) is 15.3. The van der Waals surface area contributed by atoms with Crippen LogP contribution in [0.1, 0.15) is 16.7 Å². The van der Waals surface area contributed by atoms with E-state index in [4.69, 9.17) is 75.8 Å². The summed E-state index contributed by atoms with van der Waals surface area (Å²) >= 11 is 0. The van der Waals surface area contributed by atoms with Crippen molar-refractivity contribution in [3.05, 3.63) is 120 Å². The highest BCUT2D eigenvalue weighted by atomic mass is 15.4. The van der Waals surface area contributed by atoms with Gasteiger partial charge in [-0.05, 0) is 39.9 Å². The molecule has 3 heterocycles. The summed E-state index contributed by atoms with van der Waals surface area (Å²) in [6.45, 7) is 4.98. The van der Waals surface area contributed by atoms with Crippen molar-refractivity contribution >= 4 is 70.3 Å². The van der Waals surface area contributed by atoms with Gasteiger partial charge in [0.05, 0.1) is 32.2 Å². The molecule has 4 aromatic carbocycles. The summed E-state index contributed by atoms with van der Waals surface area (Å²) in [7, 11) is 0. The van der Waals surface area contributed by atoms with Crippen LogP contribution >= 0.6 is 0 Å². The minimum Gasteiger partial charge on any atom is -0.370 e. The van der Waals surface area contributed by atoms with Crippen molar-refractivity contribution < 1.29 is 0 Å². The first-order valence-corrected chi connectivity index (χ1v) is 23.2. The Morgan fingerprint density at radius 3 is 1.49 bits per heavy atom. The summed E-state index contributed by atoms with van der Waals surface area (Å²) in [6.07, 6.45) is 0.636. The van der Waals surface area contributed by atoms with Crippen molar-refractivity contribution in [2.24, 2.45) is 65.8 Å². The van der Waals surface area contributed by atoms with Gasteiger partial charge >= 0.3 is 0 Å². The number of nitrogens with two attached hydrogens (primary N) is 8. The summed E-state index contributed by atoms with van der Waals surface area (Å²) in [5.74, 6) is 2.38. The molecule has 1 atom stereocenters. The van der Waals surface area contributed by atoms with E-state index in [0.29, 0.717) is 101 Å². The minimum atomic E-state index is -0.188. The van der Waals surface area contributed by atoms with Gasteiger partial charge in [0.2, 0.25) is 35.7 Å². The number of piperazine rings is 1. The van der Waals surface area contributed by atoms with Crippen LogP contribution in [0.4, 0.5) is 35.7 Å². The molecule has 1 unspecified atom stereocenters. The van der Waals surface area contributed by atoms with Gasteiger partial charge in [0.15, 0.2) is 23.8 Å². The molecule has 0 spiro atoms. The van der Waals surface area contributed by atoms with Crippen molar-refractivity contribution in [1.29, 1.82) is 0 Å². The zero-order valence-corrected chi connectivity index (χ0v) is 39.7. The van der Waals surface area contributed by atoms with Crippen LogP contribution in [0.2, 0.25) is 0 Å². The molecular formula is C47H64N24. The highest BCUT2D eigenvalue weighted by molar-refractivity contribution is 5.83. The van der Waals surface area contributed by atoms with Crippen molar-refractivity contribution in [2.75, 3.05) is 102 Å². The maximum absolute atomic E-state index is 5.74. The molecule has 24 nitrogen and oxygen atoms in total. The lowest BCUT2D eigenvalue weighted by Crippen LogP contribution is -2.55. The van der Waals surface area contributed by atoms with Gasteiger partial charge in [-0.15, -0.1) is 0 Å². The van der Waals surface area contributed by atoms with Crippen LogP contribution < -0.4 is 76.1 Å². The predicted molar refractivity (Wildman–Crippen MR) is 285 cm³/mol. The number of aliphatic imine (C=N–C) groups is 4. The molecule has 1 aliphatic heterocycles. The van der Waals surface area contributed by atoms with E-state index >= 15 is 0 Å². The number of guanidine groups is 4. The van der Waals surface area contributed by atoms with Crippen molar-refractivity contribution in [2.45, 2.75) is 25.6 Å². The quantitative estimate of drug-likeness (QED) is 0.0283. The normalized spacial score (nSPS) is 13.2. The third-order valence-electron chi connectivity index (χ3n) is 11.3. The van der Waals surface area contributed by atoms with Gasteiger partial charge in [-0.3, -0.25) is 20.0 Å². The molecule has 1 saturated heterocycles. The van der Waals surface area contributed by atoms with E-state index in [9.17, 15) is 0 Å². The second-order valence-electron chi connectivity index (χ2n) is 16.6. The third-order valence-corrected chi connectivity index (χ3v) is 11.3. The second-order valence-corrected chi connectivity index (χ2v) is 16.6. The zero-order chi connectivity index (χ0) is 50.0. The zero-order valence-electron chi connectivity index (χ0n) is 39.7. The lowest BCUT2D eigenvalue weighted by Gasteiger charge is -2.42. The smallest absolute Gasteiger partial charge is 0.232 e. The molecular weight excluding hydrogens is 901 g/mol. The monoisotopic (exact) mass is 965 g/mol. The second kappa shape index (κ2) is 24.9. The minimum absolute atomic E-state index is 0.0271. The molecule has 7 rings (SSSR count). The van der Waals surface area contributed by atoms with E-state index in [1.807, 2.05) is 70.5 Å². The van der Waals surface area contributed by atoms with E-state index in [1.54, 1.807) is 0 Å². The van der Waals surface area contributed by atoms with Crippen molar-refractivity contribution in [1.82, 2.24) is 29.9 Å². The summed E-state index contributed by atoms with van der Waals surface area (Å²) in [6, 6.07) is 34.7. The van der Waals surface area contributed by atoms with E-state index in [1.165, 1.54) is 0 Å². The molecule has 0 amide bonds. The molecule has 0 saturated carbocycles. The first-order chi connectivity index (χ1) is 34.4. The maximum atomic E-state index is 5.74. The van der Waals surface area contributed by atoms with E-state index in [2.05, 4.69) is 82.9 Å². The fourth-order valence-corrected chi connectivity index (χ4v) is 7.91. The van der Waals surface area contributed by atoms with Gasteiger partial charge in [-0.25, -0.2) is 0 Å². The molecule has 0 bridgehead atoms. The van der Waals surface area contributed by atoms with Gasteiger partial charge in [-0.1, -0.05) is 97.1 Å². The van der Waals surface area contributed by atoms with Crippen LogP contribution in [0.3, 0.4) is 0 Å². The van der Waals surface area contributed by atoms with E-state index < -0.39 is 0 Å². The van der Waals surface area contributed by atoms with Crippen LogP contribution in [0.25, 0.3) is 10.8 Å². The molecule has 24 heteroatoms. The molecule has 2 aromatic heterocycles. The largest absolute Gasteiger partial charge is 0.370 e. The van der Waals surface area contributed by atoms with Gasteiger partial charge in [0, 0.05) is 58.9 Å². The van der Waals surface area contributed by atoms with Gasteiger partial charge in [0.25, 0.3) is 0 Å². The van der Waals surface area contributed by atoms with E-state index in [0.717, 1.165) is 27.5 Å². The summed E-state index contributed by atoms with van der Waals surface area (Å²) < 4.78 is 0. The first-order valence-electron chi connectivity index (χ1n) is 23.2. The first kappa shape index (κ1) is 49.9. The Kier molecular flexibility index (Phi) is 17.5. The maximum Gasteiger partial charge on any atom is 0.232 e. The Hall–Kier alpha value is -8.96. The van der Waals surface area contributed by atoms with Crippen molar-refractivity contribution in [3.8, 4) is 0 Å². The topological polar surface area (TPSA) is 372 Å². The number of aromatic nitrogens is 6. The SMILES string of the molecule is NC(N)=NCCN(CCN=C(N)N)c1nc(NCc2ccccc2)nc(N2CCN(c3nc(NCc4ccc5ccccc5c4)nc(N(CCN=C(N)N)CCN=C(N)N)n3)C(Cc3ccccc3)C2)n1. The molecule has 0 radical (unpaired) electrons. The lowest BCUT2D eigenvalue weighted by molar-refractivity contribution is 0.502.